The molecule has 186 valence electrons. The van der Waals surface area contributed by atoms with Crippen LogP contribution in [0, 0.1) is 0 Å². The van der Waals surface area contributed by atoms with Crippen LogP contribution in [0.5, 0.6) is 0 Å². The fourth-order valence-corrected chi connectivity index (χ4v) is 5.05. The molecule has 5 rings (SSSR count). The SMILES string of the molecule is O=C(C1=C(Nc2ccc(Br)cc2)C(=O)N(CCCc2ncc[nH]2)C1c1ccc(Br)cc1)c1ccccc1. The lowest BCUT2D eigenvalue weighted by Gasteiger charge is -2.27. The number of nitrogens with zero attached hydrogens (tertiary/aromatic N) is 2. The van der Waals surface area contributed by atoms with Crippen molar-refractivity contribution in [3.8, 4) is 0 Å². The second-order valence-electron chi connectivity index (χ2n) is 8.71. The summed E-state index contributed by atoms with van der Waals surface area (Å²) < 4.78 is 1.86. The Morgan fingerprint density at radius 1 is 0.946 bits per heavy atom. The summed E-state index contributed by atoms with van der Waals surface area (Å²) in [7, 11) is 0. The van der Waals surface area contributed by atoms with Gasteiger partial charge in [0.1, 0.15) is 11.5 Å². The van der Waals surface area contributed by atoms with Gasteiger partial charge < -0.3 is 15.2 Å². The Bertz CT molecular complexity index is 1420. The van der Waals surface area contributed by atoms with Crippen LogP contribution in [0.3, 0.4) is 0 Å². The number of amides is 1. The Labute approximate surface area is 232 Å². The molecule has 4 aromatic rings. The van der Waals surface area contributed by atoms with Crippen molar-refractivity contribution in [2.75, 3.05) is 11.9 Å². The van der Waals surface area contributed by atoms with Crippen LogP contribution < -0.4 is 5.32 Å². The lowest BCUT2D eigenvalue weighted by molar-refractivity contribution is -0.127. The number of Topliss-reactive ketones (excluding diaryl/α,β-unsaturated/α-hetero) is 1. The Kier molecular flexibility index (Phi) is 7.67. The van der Waals surface area contributed by atoms with Crippen molar-refractivity contribution >= 4 is 49.2 Å². The topological polar surface area (TPSA) is 78.1 Å². The van der Waals surface area contributed by atoms with Gasteiger partial charge in [0.2, 0.25) is 0 Å². The Balaban J connectivity index is 1.58. The number of benzene rings is 3. The van der Waals surface area contributed by atoms with Crippen LogP contribution in [0.1, 0.15) is 34.2 Å². The molecule has 1 unspecified atom stereocenters. The minimum Gasteiger partial charge on any atom is -0.351 e. The molecule has 0 fully saturated rings. The van der Waals surface area contributed by atoms with Crippen molar-refractivity contribution in [2.24, 2.45) is 0 Å². The number of H-pyrrole nitrogens is 1. The van der Waals surface area contributed by atoms with Gasteiger partial charge in [-0.05, 0) is 48.4 Å². The quantitative estimate of drug-likeness (QED) is 0.204. The fourth-order valence-electron chi connectivity index (χ4n) is 4.52. The highest BCUT2D eigenvalue weighted by Crippen LogP contribution is 2.40. The van der Waals surface area contributed by atoms with Gasteiger partial charge in [0.05, 0.1) is 11.6 Å². The van der Waals surface area contributed by atoms with Gasteiger partial charge >= 0.3 is 0 Å². The van der Waals surface area contributed by atoms with Crippen LogP contribution in [-0.4, -0.2) is 33.1 Å². The van der Waals surface area contributed by atoms with E-state index in [0.717, 1.165) is 26.0 Å². The third-order valence-corrected chi connectivity index (χ3v) is 7.33. The molecule has 1 amide bonds. The number of ketones is 1. The van der Waals surface area contributed by atoms with E-state index in [-0.39, 0.29) is 11.7 Å². The highest BCUT2D eigenvalue weighted by atomic mass is 79.9. The molecule has 6 nitrogen and oxygen atoms in total. The third-order valence-electron chi connectivity index (χ3n) is 6.28. The first-order valence-electron chi connectivity index (χ1n) is 11.9. The molecule has 0 aliphatic carbocycles. The molecule has 1 aliphatic rings. The normalized spacial score (nSPS) is 15.4. The van der Waals surface area contributed by atoms with Gasteiger partial charge in [-0.1, -0.05) is 74.3 Å². The highest BCUT2D eigenvalue weighted by Gasteiger charge is 2.43. The molecular weight excluding hydrogens is 596 g/mol. The maximum Gasteiger partial charge on any atom is 0.271 e. The van der Waals surface area contributed by atoms with Crippen molar-refractivity contribution in [2.45, 2.75) is 18.9 Å². The second kappa shape index (κ2) is 11.3. The largest absolute Gasteiger partial charge is 0.351 e. The third kappa shape index (κ3) is 5.60. The molecule has 2 heterocycles. The van der Waals surface area contributed by atoms with E-state index in [2.05, 4.69) is 47.1 Å². The number of carbonyl (C=O) groups is 2. The van der Waals surface area contributed by atoms with Crippen LogP contribution in [0.15, 0.2) is 111 Å². The van der Waals surface area contributed by atoms with E-state index in [9.17, 15) is 9.59 Å². The first kappa shape index (κ1) is 25.2. The molecular formula is C29H24Br2N4O2. The number of halogens is 2. The molecule has 2 N–H and O–H groups in total. The zero-order chi connectivity index (χ0) is 25.8. The summed E-state index contributed by atoms with van der Waals surface area (Å²) >= 11 is 6.96. The number of aryl methyl sites for hydroxylation is 1. The van der Waals surface area contributed by atoms with Crippen LogP contribution >= 0.6 is 31.9 Å². The van der Waals surface area contributed by atoms with Crippen LogP contribution in [-0.2, 0) is 11.2 Å². The van der Waals surface area contributed by atoms with Crippen molar-refractivity contribution in [1.82, 2.24) is 14.9 Å². The van der Waals surface area contributed by atoms with E-state index in [1.807, 2.05) is 66.7 Å². The van der Waals surface area contributed by atoms with Crippen molar-refractivity contribution in [3.63, 3.8) is 0 Å². The standard InChI is InChI=1S/C29H24Br2N4O2/c30-21-10-8-19(9-11-21)27-25(28(36)20-5-2-1-3-6-20)26(34-23-14-12-22(31)13-15-23)29(37)35(27)18-4-7-24-32-16-17-33-24/h1-3,5-6,8-17,27,34H,4,7,18H2,(H,32,33). The van der Waals surface area contributed by atoms with Crippen LogP contribution in [0.25, 0.3) is 0 Å². The first-order chi connectivity index (χ1) is 18.0. The van der Waals surface area contributed by atoms with Gasteiger partial charge in [-0.3, -0.25) is 9.59 Å². The molecule has 1 aliphatic heterocycles. The number of aromatic nitrogens is 2. The Morgan fingerprint density at radius 2 is 1.62 bits per heavy atom. The minimum atomic E-state index is -0.525. The zero-order valence-corrected chi connectivity index (χ0v) is 23.0. The molecule has 0 radical (unpaired) electrons. The number of aromatic amines is 1. The van der Waals surface area contributed by atoms with Gasteiger partial charge in [-0.2, -0.15) is 0 Å². The molecule has 1 atom stereocenters. The fraction of sp³-hybridized carbons (Fsp3) is 0.138. The average Bonchev–Trinajstić information content (AvgIpc) is 3.53. The molecule has 0 saturated carbocycles. The van der Waals surface area contributed by atoms with E-state index in [4.69, 9.17) is 0 Å². The molecule has 1 aromatic heterocycles. The summed E-state index contributed by atoms with van der Waals surface area (Å²) in [5.41, 5.74) is 2.90. The predicted molar refractivity (Wildman–Crippen MR) is 151 cm³/mol. The number of hydrogen-bond donors (Lipinski definition) is 2. The van der Waals surface area contributed by atoms with Gasteiger partial charge in [-0.15, -0.1) is 0 Å². The smallest absolute Gasteiger partial charge is 0.271 e. The minimum absolute atomic E-state index is 0.171. The Morgan fingerprint density at radius 3 is 2.27 bits per heavy atom. The summed E-state index contributed by atoms with van der Waals surface area (Å²) in [5, 5.41) is 3.28. The first-order valence-corrected chi connectivity index (χ1v) is 13.5. The van der Waals surface area contributed by atoms with Gasteiger partial charge in [0.25, 0.3) is 5.91 Å². The molecule has 8 heteroatoms. The van der Waals surface area contributed by atoms with Gasteiger partial charge in [0.15, 0.2) is 5.78 Å². The number of nitrogens with one attached hydrogen (secondary N) is 2. The molecule has 3 aromatic carbocycles. The predicted octanol–water partition coefficient (Wildman–Crippen LogP) is 6.70. The second-order valence-corrected chi connectivity index (χ2v) is 10.5. The van der Waals surface area contributed by atoms with E-state index in [1.54, 1.807) is 29.4 Å². The molecule has 0 bridgehead atoms. The van der Waals surface area contributed by atoms with E-state index in [1.165, 1.54) is 0 Å². The zero-order valence-electron chi connectivity index (χ0n) is 19.8. The monoisotopic (exact) mass is 618 g/mol. The van der Waals surface area contributed by atoms with Crippen molar-refractivity contribution < 1.29 is 9.59 Å². The molecule has 37 heavy (non-hydrogen) atoms. The molecule has 0 saturated heterocycles. The van der Waals surface area contributed by atoms with E-state index >= 15 is 0 Å². The van der Waals surface area contributed by atoms with Crippen molar-refractivity contribution in [1.29, 1.82) is 0 Å². The lowest BCUT2D eigenvalue weighted by Crippen LogP contribution is -2.33. The summed E-state index contributed by atoms with van der Waals surface area (Å²) in [6.07, 6.45) is 4.91. The highest BCUT2D eigenvalue weighted by molar-refractivity contribution is 9.10. The maximum absolute atomic E-state index is 14.0. The number of rotatable bonds is 9. The number of anilines is 1. The van der Waals surface area contributed by atoms with Crippen LogP contribution in [0.2, 0.25) is 0 Å². The average molecular weight is 620 g/mol. The number of imidazole rings is 1. The van der Waals surface area contributed by atoms with Gasteiger partial charge in [-0.25, -0.2) is 4.98 Å². The summed E-state index contributed by atoms with van der Waals surface area (Å²) in [5.74, 6) is 0.498. The number of hydrogen-bond acceptors (Lipinski definition) is 4. The number of carbonyl (C=O) groups excluding carboxylic acids is 2. The Hall–Kier alpha value is -3.49. The summed E-state index contributed by atoms with van der Waals surface area (Å²) in [6.45, 7) is 0.470. The summed E-state index contributed by atoms with van der Waals surface area (Å²) in [6, 6.07) is 23.9. The maximum atomic E-state index is 14.0. The lowest BCUT2D eigenvalue weighted by atomic mass is 9.92. The molecule has 0 spiro atoms. The van der Waals surface area contributed by atoms with Crippen LogP contribution in [0.4, 0.5) is 5.69 Å². The summed E-state index contributed by atoms with van der Waals surface area (Å²) in [4.78, 5) is 37.2. The van der Waals surface area contributed by atoms with Crippen molar-refractivity contribution in [3.05, 3.63) is 128 Å². The van der Waals surface area contributed by atoms with E-state index < -0.39 is 6.04 Å². The van der Waals surface area contributed by atoms with E-state index in [0.29, 0.717) is 36.2 Å². The van der Waals surface area contributed by atoms with Gasteiger partial charge in [0, 0.05) is 45.6 Å².